The molecule has 2 heterocycles. The fourth-order valence-corrected chi connectivity index (χ4v) is 3.72. The molecule has 0 aromatic carbocycles. The lowest BCUT2D eigenvalue weighted by Gasteiger charge is -2.45. The van der Waals surface area contributed by atoms with E-state index < -0.39 is 11.6 Å². The van der Waals surface area contributed by atoms with Gasteiger partial charge in [0.2, 0.25) is 5.91 Å². The van der Waals surface area contributed by atoms with Gasteiger partial charge in [-0.3, -0.25) is 14.5 Å². The molecule has 5 heteroatoms. The highest BCUT2D eigenvalue weighted by molar-refractivity contribution is 7.08. The zero-order chi connectivity index (χ0) is 14.5. The molecule has 1 N–H and O–H groups in total. The van der Waals surface area contributed by atoms with Gasteiger partial charge in [0.15, 0.2) is 0 Å². The first kappa shape index (κ1) is 13.6. The van der Waals surface area contributed by atoms with Crippen molar-refractivity contribution in [3.8, 4) is 0 Å². The van der Waals surface area contributed by atoms with E-state index in [2.05, 4.69) is 5.32 Å². The van der Waals surface area contributed by atoms with Gasteiger partial charge in [-0.05, 0) is 43.0 Å². The Hall–Kier alpha value is -1.36. The van der Waals surface area contributed by atoms with E-state index in [4.69, 9.17) is 0 Å². The van der Waals surface area contributed by atoms with Crippen LogP contribution in [0.1, 0.15) is 33.6 Å². The van der Waals surface area contributed by atoms with Crippen molar-refractivity contribution in [2.24, 2.45) is 11.8 Å². The fourth-order valence-electron chi connectivity index (χ4n) is 3.09. The Kier molecular flexibility index (Phi) is 3.12. The fraction of sp³-hybridized carbons (Fsp3) is 0.600. The minimum absolute atomic E-state index is 0.0276. The summed E-state index contributed by atoms with van der Waals surface area (Å²) in [4.78, 5) is 27.3. The number of nitrogens with one attached hydrogen (secondary N) is 1. The highest BCUT2D eigenvalue weighted by atomic mass is 32.1. The van der Waals surface area contributed by atoms with Crippen LogP contribution in [0.4, 0.5) is 5.69 Å². The third-order valence-electron chi connectivity index (χ3n) is 4.40. The summed E-state index contributed by atoms with van der Waals surface area (Å²) in [5, 5.41) is 6.89. The predicted molar refractivity (Wildman–Crippen MR) is 79.7 cm³/mol. The monoisotopic (exact) mass is 292 g/mol. The number of anilines is 1. The number of nitrogens with zero attached hydrogens (tertiary/aromatic N) is 1. The molecule has 2 atom stereocenters. The van der Waals surface area contributed by atoms with Crippen molar-refractivity contribution in [3.63, 3.8) is 0 Å². The maximum Gasteiger partial charge on any atom is 0.253 e. The first-order valence-corrected chi connectivity index (χ1v) is 8.07. The molecule has 1 saturated heterocycles. The van der Waals surface area contributed by atoms with Crippen molar-refractivity contribution in [2.45, 2.75) is 45.2 Å². The summed E-state index contributed by atoms with van der Waals surface area (Å²) < 4.78 is 0. The van der Waals surface area contributed by atoms with Gasteiger partial charge in [0.25, 0.3) is 5.91 Å². The van der Waals surface area contributed by atoms with Crippen LogP contribution in [0.2, 0.25) is 0 Å². The van der Waals surface area contributed by atoms with E-state index in [-0.39, 0.29) is 23.7 Å². The second-order valence-electron chi connectivity index (χ2n) is 6.31. The first-order chi connectivity index (χ1) is 9.45. The molecule has 1 aromatic rings. The summed E-state index contributed by atoms with van der Waals surface area (Å²) in [6, 6.07) is 1.51. The first-order valence-electron chi connectivity index (χ1n) is 7.13. The van der Waals surface area contributed by atoms with E-state index in [0.29, 0.717) is 0 Å². The van der Waals surface area contributed by atoms with Gasteiger partial charge in [-0.2, -0.15) is 11.3 Å². The lowest BCUT2D eigenvalue weighted by atomic mass is 9.86. The van der Waals surface area contributed by atoms with Crippen LogP contribution in [-0.4, -0.2) is 23.4 Å². The summed E-state index contributed by atoms with van der Waals surface area (Å²) in [5.41, 5.74) is 0.116. The Morgan fingerprint density at radius 1 is 1.40 bits per heavy atom. The maximum atomic E-state index is 13.0. The Bertz CT molecular complexity index is 536. The molecular formula is C15H20N2O2S. The Morgan fingerprint density at radius 3 is 2.60 bits per heavy atom. The van der Waals surface area contributed by atoms with Crippen LogP contribution in [0, 0.1) is 11.8 Å². The van der Waals surface area contributed by atoms with Crippen molar-refractivity contribution < 1.29 is 9.59 Å². The number of hydrogen-bond donors (Lipinski definition) is 1. The standard InChI is InChI=1S/C15H20N2O2S/c1-9(2)12-13(18)16-15(3,10-4-5-10)14(19)17(12)11-6-7-20-8-11/h6-10,12H,4-5H2,1-3H3,(H,16,18). The molecule has 2 fully saturated rings. The van der Waals surface area contributed by atoms with E-state index >= 15 is 0 Å². The van der Waals surface area contributed by atoms with Crippen LogP contribution >= 0.6 is 11.3 Å². The van der Waals surface area contributed by atoms with Crippen LogP contribution < -0.4 is 10.2 Å². The molecular weight excluding hydrogens is 272 g/mol. The molecule has 20 heavy (non-hydrogen) atoms. The lowest BCUT2D eigenvalue weighted by molar-refractivity contribution is -0.139. The maximum absolute atomic E-state index is 13.0. The van der Waals surface area contributed by atoms with Crippen LogP contribution in [0.15, 0.2) is 16.8 Å². The van der Waals surface area contributed by atoms with Gasteiger partial charge in [0.05, 0.1) is 5.69 Å². The number of thiophene rings is 1. The molecule has 0 bridgehead atoms. The second kappa shape index (κ2) is 4.58. The predicted octanol–water partition coefficient (Wildman–Crippen LogP) is 2.40. The van der Waals surface area contributed by atoms with Crippen LogP contribution in [0.25, 0.3) is 0 Å². The molecule has 2 aliphatic rings. The van der Waals surface area contributed by atoms with E-state index in [1.165, 1.54) is 0 Å². The highest BCUT2D eigenvalue weighted by Crippen LogP contribution is 2.43. The van der Waals surface area contributed by atoms with Crippen molar-refractivity contribution in [1.82, 2.24) is 5.32 Å². The molecule has 2 amide bonds. The van der Waals surface area contributed by atoms with Crippen molar-refractivity contribution in [3.05, 3.63) is 16.8 Å². The van der Waals surface area contributed by atoms with Gasteiger partial charge >= 0.3 is 0 Å². The van der Waals surface area contributed by atoms with Crippen molar-refractivity contribution in [1.29, 1.82) is 0 Å². The normalized spacial score (nSPS) is 30.8. The topological polar surface area (TPSA) is 49.4 Å². The van der Waals surface area contributed by atoms with E-state index in [1.54, 1.807) is 16.2 Å². The largest absolute Gasteiger partial charge is 0.340 e. The molecule has 2 unspecified atom stereocenters. The SMILES string of the molecule is CC(C)C1C(=O)NC(C)(C2CC2)C(=O)N1c1ccsc1. The van der Waals surface area contributed by atoms with E-state index in [9.17, 15) is 9.59 Å². The highest BCUT2D eigenvalue weighted by Gasteiger charge is 2.56. The Balaban J connectivity index is 2.03. The Labute approximate surface area is 123 Å². The van der Waals surface area contributed by atoms with Crippen LogP contribution in [0.5, 0.6) is 0 Å². The van der Waals surface area contributed by atoms with Crippen molar-refractivity contribution in [2.75, 3.05) is 4.90 Å². The molecule has 0 radical (unpaired) electrons. The minimum Gasteiger partial charge on any atom is -0.340 e. The molecule has 4 nitrogen and oxygen atoms in total. The number of rotatable bonds is 3. The third kappa shape index (κ3) is 1.95. The average Bonchev–Trinajstić information content (AvgIpc) is 3.10. The zero-order valence-electron chi connectivity index (χ0n) is 12.1. The molecule has 1 aliphatic carbocycles. The summed E-state index contributed by atoms with van der Waals surface area (Å²) in [7, 11) is 0. The number of carbonyl (C=O) groups is 2. The molecule has 0 spiro atoms. The van der Waals surface area contributed by atoms with E-state index in [0.717, 1.165) is 18.5 Å². The minimum atomic E-state index is -0.732. The summed E-state index contributed by atoms with van der Waals surface area (Å²) >= 11 is 1.55. The molecule has 1 saturated carbocycles. The summed E-state index contributed by atoms with van der Waals surface area (Å²) in [6.07, 6.45) is 2.04. The summed E-state index contributed by atoms with van der Waals surface area (Å²) in [5.74, 6) is 0.382. The Morgan fingerprint density at radius 2 is 2.10 bits per heavy atom. The van der Waals surface area contributed by atoms with Crippen LogP contribution in [-0.2, 0) is 9.59 Å². The lowest BCUT2D eigenvalue weighted by Crippen LogP contribution is -2.71. The van der Waals surface area contributed by atoms with Crippen LogP contribution in [0.3, 0.4) is 0 Å². The number of piperazine rings is 1. The number of carbonyl (C=O) groups excluding carboxylic acids is 2. The van der Waals surface area contributed by atoms with Gasteiger partial charge in [0, 0.05) is 5.38 Å². The van der Waals surface area contributed by atoms with Gasteiger partial charge in [0.1, 0.15) is 11.6 Å². The smallest absolute Gasteiger partial charge is 0.253 e. The molecule has 1 aromatic heterocycles. The summed E-state index contributed by atoms with van der Waals surface area (Å²) in [6.45, 7) is 5.84. The third-order valence-corrected chi connectivity index (χ3v) is 5.07. The average molecular weight is 292 g/mol. The van der Waals surface area contributed by atoms with Gasteiger partial charge in [-0.25, -0.2) is 0 Å². The molecule has 1 aliphatic heterocycles. The van der Waals surface area contributed by atoms with Gasteiger partial charge in [-0.15, -0.1) is 0 Å². The zero-order valence-corrected chi connectivity index (χ0v) is 12.9. The van der Waals surface area contributed by atoms with E-state index in [1.807, 2.05) is 37.6 Å². The number of amides is 2. The second-order valence-corrected chi connectivity index (χ2v) is 7.09. The number of hydrogen-bond acceptors (Lipinski definition) is 3. The molecule has 3 rings (SSSR count). The van der Waals surface area contributed by atoms with Crippen molar-refractivity contribution >= 4 is 28.8 Å². The quantitative estimate of drug-likeness (QED) is 0.930. The van der Waals surface area contributed by atoms with Gasteiger partial charge in [-0.1, -0.05) is 13.8 Å². The molecule has 108 valence electrons. The van der Waals surface area contributed by atoms with Gasteiger partial charge < -0.3 is 5.32 Å².